The first-order chi connectivity index (χ1) is 13.6. The van der Waals surface area contributed by atoms with Crippen molar-refractivity contribution in [1.29, 1.82) is 0 Å². The summed E-state index contributed by atoms with van der Waals surface area (Å²) >= 11 is 10.3. The highest BCUT2D eigenvalue weighted by Crippen LogP contribution is 2.44. The Morgan fingerprint density at radius 1 is 1.11 bits per heavy atom. The molecule has 146 valence electrons. The molecule has 1 fully saturated rings. The summed E-state index contributed by atoms with van der Waals surface area (Å²) in [5.74, 6) is -0.324. The third-order valence-electron chi connectivity index (χ3n) is 5.15. The zero-order chi connectivity index (χ0) is 19.7. The molecular formula is C22H22BrClN2O2. The van der Waals surface area contributed by atoms with Gasteiger partial charge in [-0.3, -0.25) is 0 Å². The first-order valence-electron chi connectivity index (χ1n) is 9.63. The lowest BCUT2D eigenvalue weighted by Crippen LogP contribution is -2.31. The van der Waals surface area contributed by atoms with E-state index >= 15 is 0 Å². The fourth-order valence-electron chi connectivity index (χ4n) is 3.95. The number of hydrogen-bond donors (Lipinski definition) is 0. The number of piperidine rings is 1. The Morgan fingerprint density at radius 3 is 2.50 bits per heavy atom. The molecule has 0 saturated carbocycles. The van der Waals surface area contributed by atoms with Crippen molar-refractivity contribution in [3.63, 3.8) is 0 Å². The summed E-state index contributed by atoms with van der Waals surface area (Å²) in [5.41, 5.74) is 3.24. The zero-order valence-corrected chi connectivity index (χ0v) is 18.1. The molecule has 2 aromatic carbocycles. The highest BCUT2D eigenvalue weighted by molar-refractivity contribution is 9.10. The fraction of sp³-hybridized carbons (Fsp3) is 0.318. The topological polar surface area (TPSA) is 34.5 Å². The van der Waals surface area contributed by atoms with E-state index in [0.29, 0.717) is 17.3 Å². The van der Waals surface area contributed by atoms with Gasteiger partial charge in [-0.15, -0.1) is 0 Å². The molecule has 1 aliphatic rings. The van der Waals surface area contributed by atoms with Gasteiger partial charge >= 0.3 is 5.97 Å². The minimum atomic E-state index is -0.324. The van der Waals surface area contributed by atoms with Crippen molar-refractivity contribution < 1.29 is 9.53 Å². The lowest BCUT2D eigenvalue weighted by atomic mass is 10.1. The summed E-state index contributed by atoms with van der Waals surface area (Å²) in [6.45, 7) is 3.97. The van der Waals surface area contributed by atoms with Crippen molar-refractivity contribution in [2.75, 3.05) is 24.6 Å². The molecule has 4 rings (SSSR count). The molecular weight excluding hydrogens is 440 g/mol. The van der Waals surface area contributed by atoms with Crippen LogP contribution in [0.25, 0.3) is 16.6 Å². The van der Waals surface area contributed by atoms with Gasteiger partial charge in [-0.1, -0.05) is 29.8 Å². The number of anilines is 1. The summed E-state index contributed by atoms with van der Waals surface area (Å²) < 4.78 is 8.28. The number of para-hydroxylation sites is 1. The molecule has 2 heterocycles. The number of rotatable bonds is 4. The second kappa shape index (κ2) is 8.18. The predicted molar refractivity (Wildman–Crippen MR) is 118 cm³/mol. The molecule has 0 aliphatic carbocycles. The monoisotopic (exact) mass is 460 g/mol. The van der Waals surface area contributed by atoms with Crippen LogP contribution < -0.4 is 4.90 Å². The van der Waals surface area contributed by atoms with E-state index in [-0.39, 0.29) is 5.97 Å². The predicted octanol–water partition coefficient (Wildman–Crippen LogP) is 6.21. The van der Waals surface area contributed by atoms with Gasteiger partial charge in [-0.25, -0.2) is 4.79 Å². The van der Waals surface area contributed by atoms with E-state index in [0.717, 1.165) is 52.7 Å². The van der Waals surface area contributed by atoms with E-state index < -0.39 is 0 Å². The highest BCUT2D eigenvalue weighted by Gasteiger charge is 2.30. The minimum absolute atomic E-state index is 0.324. The van der Waals surface area contributed by atoms with Crippen LogP contribution in [0, 0.1) is 0 Å². The molecule has 6 heteroatoms. The zero-order valence-electron chi connectivity index (χ0n) is 15.8. The standard InChI is InChI=1S/C22H22BrClN2O2/c1-2-28-22(27)21-20(25-13-7-4-8-14-25)18-17(12-11-16(23)19(18)24)26(21)15-9-5-3-6-10-15/h3,5-6,9-12H,2,4,7-8,13-14H2,1H3. The van der Waals surface area contributed by atoms with Gasteiger partial charge in [-0.2, -0.15) is 0 Å². The summed E-state index contributed by atoms with van der Waals surface area (Å²) in [6.07, 6.45) is 3.41. The van der Waals surface area contributed by atoms with Crippen LogP contribution in [-0.2, 0) is 4.74 Å². The van der Waals surface area contributed by atoms with Gasteiger partial charge in [0.1, 0.15) is 0 Å². The van der Waals surface area contributed by atoms with Gasteiger partial charge < -0.3 is 14.2 Å². The number of carbonyl (C=O) groups is 1. The number of halogens is 2. The Kier molecular flexibility index (Phi) is 5.65. The summed E-state index contributed by atoms with van der Waals surface area (Å²) in [4.78, 5) is 15.4. The SMILES string of the molecule is CCOC(=O)c1c(N2CCCCC2)c2c(Cl)c(Br)ccc2n1-c1ccccc1. The molecule has 1 aliphatic heterocycles. The smallest absolute Gasteiger partial charge is 0.357 e. The van der Waals surface area contributed by atoms with Crippen LogP contribution in [0.15, 0.2) is 46.9 Å². The van der Waals surface area contributed by atoms with Gasteiger partial charge in [0.2, 0.25) is 0 Å². The van der Waals surface area contributed by atoms with Crippen molar-refractivity contribution in [2.45, 2.75) is 26.2 Å². The number of aromatic nitrogens is 1. The number of carbonyl (C=O) groups excluding carboxylic acids is 1. The minimum Gasteiger partial charge on any atom is -0.461 e. The fourth-order valence-corrected chi connectivity index (χ4v) is 4.53. The molecule has 0 radical (unpaired) electrons. The third-order valence-corrected chi connectivity index (χ3v) is 6.44. The molecule has 28 heavy (non-hydrogen) atoms. The van der Waals surface area contributed by atoms with Crippen LogP contribution in [0.5, 0.6) is 0 Å². The van der Waals surface area contributed by atoms with Crippen LogP contribution >= 0.6 is 27.5 Å². The molecule has 3 aromatic rings. The van der Waals surface area contributed by atoms with Crippen molar-refractivity contribution in [2.24, 2.45) is 0 Å². The second-order valence-corrected chi connectivity index (χ2v) is 8.12. The van der Waals surface area contributed by atoms with E-state index in [2.05, 4.69) is 20.8 Å². The Morgan fingerprint density at radius 2 is 1.82 bits per heavy atom. The van der Waals surface area contributed by atoms with E-state index in [9.17, 15) is 4.79 Å². The Hall–Kier alpha value is -1.98. The quantitative estimate of drug-likeness (QED) is 0.433. The van der Waals surface area contributed by atoms with E-state index in [4.69, 9.17) is 16.3 Å². The van der Waals surface area contributed by atoms with Crippen molar-refractivity contribution >= 4 is 50.1 Å². The van der Waals surface area contributed by atoms with E-state index in [1.54, 1.807) is 0 Å². The van der Waals surface area contributed by atoms with Crippen LogP contribution in [0.1, 0.15) is 36.7 Å². The molecule has 1 saturated heterocycles. The molecule has 1 aromatic heterocycles. The first-order valence-corrected chi connectivity index (χ1v) is 10.8. The molecule has 0 N–H and O–H groups in total. The lowest BCUT2D eigenvalue weighted by molar-refractivity contribution is 0.0518. The number of fused-ring (bicyclic) bond motifs is 1. The van der Waals surface area contributed by atoms with Gasteiger partial charge in [-0.05, 0) is 66.4 Å². The summed E-state index contributed by atoms with van der Waals surface area (Å²) in [7, 11) is 0. The Balaban J connectivity index is 2.10. The number of nitrogens with zero attached hydrogens (tertiary/aromatic N) is 2. The molecule has 0 spiro atoms. The average molecular weight is 462 g/mol. The lowest BCUT2D eigenvalue weighted by Gasteiger charge is -2.29. The van der Waals surface area contributed by atoms with E-state index in [1.807, 2.05) is 54.0 Å². The number of ether oxygens (including phenoxy) is 1. The molecule has 4 nitrogen and oxygen atoms in total. The maximum atomic E-state index is 13.1. The van der Waals surface area contributed by atoms with Gasteiger partial charge in [0.25, 0.3) is 0 Å². The molecule has 0 unspecified atom stereocenters. The van der Waals surface area contributed by atoms with Gasteiger partial charge in [0.05, 0.1) is 22.8 Å². The molecule has 0 bridgehead atoms. The van der Waals surface area contributed by atoms with Crippen LogP contribution in [-0.4, -0.2) is 30.2 Å². The number of hydrogen-bond acceptors (Lipinski definition) is 3. The molecule has 0 atom stereocenters. The summed E-state index contributed by atoms with van der Waals surface area (Å²) in [5, 5.41) is 1.52. The maximum Gasteiger partial charge on any atom is 0.357 e. The third kappa shape index (κ3) is 3.31. The number of esters is 1. The normalized spacial score (nSPS) is 14.5. The van der Waals surface area contributed by atoms with Crippen molar-refractivity contribution in [1.82, 2.24) is 4.57 Å². The van der Waals surface area contributed by atoms with Gasteiger partial charge in [0, 0.05) is 28.6 Å². The molecule has 0 amide bonds. The Bertz CT molecular complexity index is 1010. The second-order valence-electron chi connectivity index (χ2n) is 6.89. The largest absolute Gasteiger partial charge is 0.461 e. The summed E-state index contributed by atoms with van der Waals surface area (Å²) in [6, 6.07) is 13.8. The Labute approximate surface area is 178 Å². The van der Waals surface area contributed by atoms with Crippen LogP contribution in [0.3, 0.4) is 0 Å². The van der Waals surface area contributed by atoms with E-state index in [1.165, 1.54) is 6.42 Å². The van der Waals surface area contributed by atoms with Crippen molar-refractivity contribution in [3.8, 4) is 5.69 Å². The number of benzene rings is 2. The first kappa shape index (κ1) is 19.3. The highest BCUT2D eigenvalue weighted by atomic mass is 79.9. The average Bonchev–Trinajstić information content (AvgIpc) is 3.08. The maximum absolute atomic E-state index is 13.1. The van der Waals surface area contributed by atoms with Crippen LogP contribution in [0.4, 0.5) is 5.69 Å². The van der Waals surface area contributed by atoms with Gasteiger partial charge in [0.15, 0.2) is 5.69 Å². The van der Waals surface area contributed by atoms with Crippen molar-refractivity contribution in [3.05, 3.63) is 57.7 Å². The van der Waals surface area contributed by atoms with Crippen LogP contribution in [0.2, 0.25) is 5.02 Å².